The minimum atomic E-state index is -3.67. The first-order valence-electron chi connectivity index (χ1n) is 4.52. The molecule has 0 aliphatic carbocycles. The van der Waals surface area contributed by atoms with Gasteiger partial charge in [0, 0.05) is 19.0 Å². The zero-order chi connectivity index (χ0) is 14.1. The Bertz CT molecular complexity index is 560. The maximum atomic E-state index is 12.2. The summed E-state index contributed by atoms with van der Waals surface area (Å²) in [6, 6.07) is 1.28. The molecule has 18 heavy (non-hydrogen) atoms. The van der Waals surface area contributed by atoms with E-state index in [9.17, 15) is 8.42 Å². The molecule has 0 aromatic heterocycles. The van der Waals surface area contributed by atoms with E-state index < -0.39 is 10.0 Å². The molecule has 0 amide bonds. The largest absolute Gasteiger partial charge is 0.243 e. The molecule has 1 aromatic carbocycles. The average molecular weight is 369 g/mol. The van der Waals surface area contributed by atoms with Gasteiger partial charge in [-0.3, -0.25) is 0 Å². The fourth-order valence-electron chi connectivity index (χ4n) is 1.13. The van der Waals surface area contributed by atoms with Gasteiger partial charge < -0.3 is 0 Å². The van der Waals surface area contributed by atoms with Crippen LogP contribution >= 0.6 is 58.2 Å². The Balaban J connectivity index is 3.63. The lowest BCUT2D eigenvalue weighted by Gasteiger charge is -2.16. The van der Waals surface area contributed by atoms with Crippen LogP contribution in [0, 0.1) is 0 Å². The molecule has 0 fully saturated rings. The van der Waals surface area contributed by atoms with E-state index in [1.54, 1.807) is 0 Å². The van der Waals surface area contributed by atoms with Gasteiger partial charge in [-0.25, -0.2) is 12.7 Å². The summed E-state index contributed by atoms with van der Waals surface area (Å²) in [5, 5.41) is 0.438. The molecule has 0 heterocycles. The molecule has 0 spiro atoms. The molecular formula is C9H9Cl4NO2S2. The molecule has 0 aliphatic rings. The van der Waals surface area contributed by atoms with Crippen LogP contribution in [0.1, 0.15) is 0 Å². The molecule has 0 bridgehead atoms. The van der Waals surface area contributed by atoms with Gasteiger partial charge in [-0.05, 0) is 6.07 Å². The van der Waals surface area contributed by atoms with Crippen LogP contribution in [0.15, 0.2) is 15.9 Å². The molecule has 0 unspecified atom stereocenters. The van der Waals surface area contributed by atoms with Gasteiger partial charge in [-0.2, -0.15) is 0 Å². The number of hydrogen-bond acceptors (Lipinski definition) is 3. The van der Waals surface area contributed by atoms with Crippen molar-refractivity contribution in [3.05, 3.63) is 21.1 Å². The molecule has 9 heteroatoms. The van der Waals surface area contributed by atoms with Crippen molar-refractivity contribution in [2.24, 2.45) is 0 Å². The summed E-state index contributed by atoms with van der Waals surface area (Å²) in [4.78, 5) is 0.298. The molecule has 0 radical (unpaired) electrons. The standard InChI is InChI=1S/C9H9Cl4NO2S2/c1-14(2)18(15,16)6-3-5(11)7(12)8(13)9(6)17-4-10/h3H,4H2,1-2H3. The van der Waals surface area contributed by atoms with Gasteiger partial charge >= 0.3 is 0 Å². The molecule has 1 rings (SSSR count). The van der Waals surface area contributed by atoms with E-state index in [-0.39, 0.29) is 25.2 Å². The van der Waals surface area contributed by atoms with Gasteiger partial charge in [0.1, 0.15) is 0 Å². The monoisotopic (exact) mass is 367 g/mol. The van der Waals surface area contributed by atoms with E-state index in [0.717, 1.165) is 16.1 Å². The summed E-state index contributed by atoms with van der Waals surface area (Å²) in [5.74, 6) is 0. The van der Waals surface area contributed by atoms with Gasteiger partial charge in [0.2, 0.25) is 10.0 Å². The van der Waals surface area contributed by atoms with Crippen molar-refractivity contribution < 1.29 is 8.42 Å². The number of benzene rings is 1. The Labute approximate surface area is 130 Å². The first-order valence-corrected chi connectivity index (χ1v) is 8.61. The van der Waals surface area contributed by atoms with E-state index in [1.165, 1.54) is 20.2 Å². The van der Waals surface area contributed by atoms with Gasteiger partial charge in [0.15, 0.2) is 0 Å². The first kappa shape index (κ1) is 16.7. The number of halogens is 4. The molecule has 102 valence electrons. The van der Waals surface area contributed by atoms with Crippen LogP contribution in [0.5, 0.6) is 0 Å². The maximum Gasteiger partial charge on any atom is 0.243 e. The molecule has 0 aliphatic heterocycles. The lowest BCUT2D eigenvalue weighted by Crippen LogP contribution is -2.23. The van der Waals surface area contributed by atoms with Gasteiger partial charge in [0.25, 0.3) is 0 Å². The van der Waals surface area contributed by atoms with Crippen LogP contribution in [0.3, 0.4) is 0 Å². The number of sulfonamides is 1. The first-order chi connectivity index (χ1) is 8.23. The second-order valence-corrected chi connectivity index (χ2v) is 8.21. The van der Waals surface area contributed by atoms with Gasteiger partial charge in [-0.15, -0.1) is 23.4 Å². The second-order valence-electron chi connectivity index (χ2n) is 3.35. The van der Waals surface area contributed by atoms with E-state index in [2.05, 4.69) is 0 Å². The third kappa shape index (κ3) is 3.20. The summed E-state index contributed by atoms with van der Waals surface area (Å²) in [5.41, 5.74) is 0. The van der Waals surface area contributed by atoms with Crippen molar-refractivity contribution >= 4 is 68.2 Å². The summed E-state index contributed by atoms with van der Waals surface area (Å²) in [6.07, 6.45) is 0. The SMILES string of the molecule is CN(C)S(=O)(=O)c1cc(Cl)c(Cl)c(Cl)c1SCCl. The third-order valence-electron chi connectivity index (χ3n) is 2.04. The van der Waals surface area contributed by atoms with Crippen molar-refractivity contribution in [1.29, 1.82) is 0 Å². The maximum absolute atomic E-state index is 12.2. The highest BCUT2D eigenvalue weighted by atomic mass is 35.5. The summed E-state index contributed by atoms with van der Waals surface area (Å²) in [6.45, 7) is 0. The van der Waals surface area contributed by atoms with Gasteiger partial charge in [0.05, 0.1) is 25.2 Å². The molecule has 3 nitrogen and oxygen atoms in total. The highest BCUT2D eigenvalue weighted by Gasteiger charge is 2.26. The number of thioether (sulfide) groups is 1. The quantitative estimate of drug-likeness (QED) is 0.454. The summed E-state index contributed by atoms with van der Waals surface area (Å²) < 4.78 is 25.4. The number of hydrogen-bond donors (Lipinski definition) is 0. The zero-order valence-electron chi connectivity index (χ0n) is 9.38. The second kappa shape index (κ2) is 6.39. The molecule has 0 saturated carbocycles. The normalized spacial score (nSPS) is 12.2. The van der Waals surface area contributed by atoms with Crippen molar-refractivity contribution in [2.45, 2.75) is 9.79 Å². The van der Waals surface area contributed by atoms with Crippen LogP contribution in [0.2, 0.25) is 15.1 Å². The molecule has 0 N–H and O–H groups in total. The van der Waals surface area contributed by atoms with Crippen LogP contribution in [-0.4, -0.2) is 32.0 Å². The van der Waals surface area contributed by atoms with Crippen molar-refractivity contribution in [3.63, 3.8) is 0 Å². The van der Waals surface area contributed by atoms with Crippen LogP contribution < -0.4 is 0 Å². The zero-order valence-corrected chi connectivity index (χ0v) is 14.0. The average Bonchev–Trinajstić information content (AvgIpc) is 2.29. The molecule has 0 atom stereocenters. The van der Waals surface area contributed by atoms with Crippen molar-refractivity contribution in [2.75, 3.05) is 19.3 Å². The van der Waals surface area contributed by atoms with Crippen LogP contribution in [0.25, 0.3) is 0 Å². The number of nitrogens with zero attached hydrogens (tertiary/aromatic N) is 1. The highest BCUT2D eigenvalue weighted by molar-refractivity contribution is 8.01. The topological polar surface area (TPSA) is 37.4 Å². The smallest absolute Gasteiger partial charge is 0.207 e. The molecule has 1 aromatic rings. The predicted octanol–water partition coefficient (Wildman–Crippen LogP) is 4.19. The Morgan fingerprint density at radius 2 is 1.78 bits per heavy atom. The number of rotatable bonds is 4. The van der Waals surface area contributed by atoms with E-state index in [4.69, 9.17) is 46.4 Å². The van der Waals surface area contributed by atoms with E-state index in [1.807, 2.05) is 0 Å². The van der Waals surface area contributed by atoms with Crippen molar-refractivity contribution in [1.82, 2.24) is 4.31 Å². The van der Waals surface area contributed by atoms with Gasteiger partial charge in [-0.1, -0.05) is 34.8 Å². The Hall–Kier alpha value is 0.640. The number of alkyl halides is 1. The minimum Gasteiger partial charge on any atom is -0.207 e. The Morgan fingerprint density at radius 3 is 2.22 bits per heavy atom. The van der Waals surface area contributed by atoms with Crippen LogP contribution in [0.4, 0.5) is 0 Å². The highest BCUT2D eigenvalue weighted by Crippen LogP contribution is 2.42. The van der Waals surface area contributed by atoms with Crippen molar-refractivity contribution in [3.8, 4) is 0 Å². The fourth-order valence-corrected chi connectivity index (χ4v) is 4.43. The third-order valence-corrected chi connectivity index (χ3v) is 6.53. The van der Waals surface area contributed by atoms with Crippen LogP contribution in [-0.2, 0) is 10.0 Å². The Kier molecular flexibility index (Phi) is 5.93. The van der Waals surface area contributed by atoms with E-state index in [0.29, 0.717) is 4.90 Å². The fraction of sp³-hybridized carbons (Fsp3) is 0.333. The Morgan fingerprint density at radius 1 is 1.22 bits per heavy atom. The van der Waals surface area contributed by atoms with E-state index >= 15 is 0 Å². The predicted molar refractivity (Wildman–Crippen MR) is 78.9 cm³/mol. The summed E-state index contributed by atoms with van der Waals surface area (Å²) in [7, 11) is -0.830. The summed E-state index contributed by atoms with van der Waals surface area (Å²) >= 11 is 24.5. The molecular weight excluding hydrogens is 360 g/mol. The minimum absolute atomic E-state index is 0.00227. The molecule has 0 saturated heterocycles. The lowest BCUT2D eigenvalue weighted by molar-refractivity contribution is 0.518. The lowest BCUT2D eigenvalue weighted by atomic mass is 10.3.